The molecule has 0 aromatic heterocycles. The summed E-state index contributed by atoms with van der Waals surface area (Å²) in [5.74, 6) is 2.10. The van der Waals surface area contributed by atoms with Crippen LogP contribution in [0.3, 0.4) is 0 Å². The van der Waals surface area contributed by atoms with Gasteiger partial charge in [-0.15, -0.1) is 0 Å². The van der Waals surface area contributed by atoms with Crippen molar-refractivity contribution in [2.75, 3.05) is 20.0 Å². The van der Waals surface area contributed by atoms with E-state index in [1.807, 2.05) is 6.92 Å². The van der Waals surface area contributed by atoms with E-state index in [1.54, 1.807) is 0 Å². The van der Waals surface area contributed by atoms with E-state index in [2.05, 4.69) is 27.7 Å². The fourth-order valence-corrected chi connectivity index (χ4v) is 4.32. The first-order chi connectivity index (χ1) is 13.5. The lowest BCUT2D eigenvalue weighted by Gasteiger charge is -2.21. The van der Waals surface area contributed by atoms with Gasteiger partial charge in [0.15, 0.2) is 0 Å². The summed E-state index contributed by atoms with van der Waals surface area (Å²) in [5, 5.41) is 9.49. The zero-order valence-electron chi connectivity index (χ0n) is 19.9. The molecule has 1 N–H and O–H groups in total. The van der Waals surface area contributed by atoms with Crippen LogP contribution in [-0.2, 0) is 9.47 Å². The largest absolute Gasteiger partial charge is 0.393 e. The molecule has 0 saturated carbocycles. The third-order valence-corrected chi connectivity index (χ3v) is 5.65. The first kappa shape index (κ1) is 27.9. The van der Waals surface area contributed by atoms with Gasteiger partial charge >= 0.3 is 0 Å². The molecule has 0 rings (SSSR count). The molecule has 4 atom stereocenters. The van der Waals surface area contributed by atoms with Gasteiger partial charge in [0.2, 0.25) is 0 Å². The van der Waals surface area contributed by atoms with E-state index in [0.29, 0.717) is 12.7 Å². The molecular formula is C25H52O3. The van der Waals surface area contributed by atoms with Gasteiger partial charge < -0.3 is 14.6 Å². The van der Waals surface area contributed by atoms with Gasteiger partial charge in [-0.2, -0.15) is 0 Å². The highest BCUT2D eigenvalue weighted by atomic mass is 16.7. The minimum atomic E-state index is -0.172. The lowest BCUT2D eigenvalue weighted by molar-refractivity contribution is -0.0561. The second-order valence-corrected chi connectivity index (χ2v) is 9.42. The second-order valence-electron chi connectivity index (χ2n) is 9.42. The lowest BCUT2D eigenvalue weighted by atomic mass is 9.86. The maximum Gasteiger partial charge on any atom is 0.146 e. The zero-order chi connectivity index (χ0) is 21.0. The molecule has 0 heterocycles. The summed E-state index contributed by atoms with van der Waals surface area (Å²) in [6, 6.07) is 0. The first-order valence-corrected chi connectivity index (χ1v) is 12.3. The van der Waals surface area contributed by atoms with Crippen LogP contribution < -0.4 is 0 Å². The predicted molar refractivity (Wildman–Crippen MR) is 122 cm³/mol. The van der Waals surface area contributed by atoms with Crippen LogP contribution in [0.1, 0.15) is 118 Å². The number of aliphatic hydroxyl groups is 1. The maximum atomic E-state index is 9.49. The Kier molecular flexibility index (Phi) is 20.1. The smallest absolute Gasteiger partial charge is 0.146 e. The minimum Gasteiger partial charge on any atom is -0.393 e. The Morgan fingerprint density at radius 2 is 1.11 bits per heavy atom. The third-order valence-electron chi connectivity index (χ3n) is 5.65. The van der Waals surface area contributed by atoms with E-state index < -0.39 is 0 Å². The standard InChI is InChI=1S/C25H52O3/c1-6-7-8-9-10-11-12-13-16-27-21-28-17-14-15-22(2)18-23(3)19-24(4)20-25(5)26/h22-26H,6-21H2,1-5H3. The molecule has 0 aliphatic rings. The van der Waals surface area contributed by atoms with Crippen LogP contribution in [0.15, 0.2) is 0 Å². The molecule has 0 radical (unpaired) electrons. The third kappa shape index (κ3) is 20.6. The monoisotopic (exact) mass is 400 g/mol. The van der Waals surface area contributed by atoms with E-state index in [9.17, 15) is 5.11 Å². The summed E-state index contributed by atoms with van der Waals surface area (Å²) in [7, 11) is 0. The Balaban J connectivity index is 3.35. The quantitative estimate of drug-likeness (QED) is 0.162. The number of ether oxygens (including phenoxy) is 2. The van der Waals surface area contributed by atoms with Gasteiger partial charge in [0.1, 0.15) is 6.79 Å². The molecular weight excluding hydrogens is 348 g/mol. The zero-order valence-corrected chi connectivity index (χ0v) is 19.9. The van der Waals surface area contributed by atoms with Crippen LogP contribution in [0, 0.1) is 17.8 Å². The van der Waals surface area contributed by atoms with Crippen molar-refractivity contribution in [3.05, 3.63) is 0 Å². The molecule has 0 aliphatic carbocycles. The summed E-state index contributed by atoms with van der Waals surface area (Å²) >= 11 is 0. The van der Waals surface area contributed by atoms with Crippen molar-refractivity contribution >= 4 is 0 Å². The van der Waals surface area contributed by atoms with Crippen LogP contribution in [0.4, 0.5) is 0 Å². The van der Waals surface area contributed by atoms with E-state index in [0.717, 1.165) is 37.9 Å². The number of aliphatic hydroxyl groups excluding tert-OH is 1. The Morgan fingerprint density at radius 3 is 1.71 bits per heavy atom. The Hall–Kier alpha value is -0.120. The fourth-order valence-electron chi connectivity index (χ4n) is 4.32. The second kappa shape index (κ2) is 20.2. The SMILES string of the molecule is CCCCCCCCCCOCOCCCC(C)CC(C)CC(C)CC(C)O. The van der Waals surface area contributed by atoms with Crippen molar-refractivity contribution in [1.29, 1.82) is 0 Å². The van der Waals surface area contributed by atoms with Crippen molar-refractivity contribution in [2.24, 2.45) is 17.8 Å². The van der Waals surface area contributed by atoms with E-state index in [4.69, 9.17) is 9.47 Å². The van der Waals surface area contributed by atoms with Gasteiger partial charge in [-0.25, -0.2) is 0 Å². The average molecular weight is 401 g/mol. The highest BCUT2D eigenvalue weighted by molar-refractivity contribution is 4.65. The summed E-state index contributed by atoms with van der Waals surface area (Å²) < 4.78 is 11.2. The summed E-state index contributed by atoms with van der Waals surface area (Å²) in [6.07, 6.45) is 16.3. The van der Waals surface area contributed by atoms with Crippen LogP contribution in [0.2, 0.25) is 0 Å². The lowest BCUT2D eigenvalue weighted by Crippen LogP contribution is -2.12. The molecule has 0 fully saturated rings. The van der Waals surface area contributed by atoms with Crippen molar-refractivity contribution in [1.82, 2.24) is 0 Å². The highest BCUT2D eigenvalue weighted by Crippen LogP contribution is 2.24. The Bertz CT molecular complexity index is 306. The van der Waals surface area contributed by atoms with Crippen LogP contribution in [0.5, 0.6) is 0 Å². The molecule has 0 aliphatic heterocycles. The minimum absolute atomic E-state index is 0.172. The number of hydrogen-bond acceptors (Lipinski definition) is 3. The predicted octanol–water partition coefficient (Wildman–Crippen LogP) is 7.36. The Morgan fingerprint density at radius 1 is 0.607 bits per heavy atom. The number of unbranched alkanes of at least 4 members (excludes halogenated alkanes) is 7. The molecule has 0 saturated heterocycles. The summed E-state index contributed by atoms with van der Waals surface area (Å²) in [6.45, 7) is 13.2. The number of hydrogen-bond donors (Lipinski definition) is 1. The molecule has 0 aromatic carbocycles. The van der Waals surface area contributed by atoms with Gasteiger partial charge in [-0.1, -0.05) is 72.6 Å². The van der Waals surface area contributed by atoms with Gasteiger partial charge in [0.05, 0.1) is 6.10 Å². The first-order valence-electron chi connectivity index (χ1n) is 12.3. The van der Waals surface area contributed by atoms with E-state index in [-0.39, 0.29) is 6.10 Å². The van der Waals surface area contributed by atoms with Crippen LogP contribution in [-0.4, -0.2) is 31.2 Å². The summed E-state index contributed by atoms with van der Waals surface area (Å²) in [4.78, 5) is 0. The fraction of sp³-hybridized carbons (Fsp3) is 1.00. The number of rotatable bonds is 21. The molecule has 0 aromatic rings. The summed E-state index contributed by atoms with van der Waals surface area (Å²) in [5.41, 5.74) is 0. The van der Waals surface area contributed by atoms with E-state index >= 15 is 0 Å². The normalized spacial score (nSPS) is 16.1. The molecule has 3 nitrogen and oxygen atoms in total. The molecule has 0 spiro atoms. The topological polar surface area (TPSA) is 38.7 Å². The molecule has 4 unspecified atom stereocenters. The van der Waals surface area contributed by atoms with Gasteiger partial charge in [0, 0.05) is 13.2 Å². The van der Waals surface area contributed by atoms with Crippen LogP contribution in [0.25, 0.3) is 0 Å². The van der Waals surface area contributed by atoms with Crippen molar-refractivity contribution in [3.63, 3.8) is 0 Å². The average Bonchev–Trinajstić information content (AvgIpc) is 2.61. The highest BCUT2D eigenvalue weighted by Gasteiger charge is 2.14. The molecule has 0 amide bonds. The van der Waals surface area contributed by atoms with Crippen molar-refractivity contribution < 1.29 is 14.6 Å². The van der Waals surface area contributed by atoms with Crippen LogP contribution >= 0.6 is 0 Å². The van der Waals surface area contributed by atoms with E-state index in [1.165, 1.54) is 70.6 Å². The molecule has 170 valence electrons. The molecule has 28 heavy (non-hydrogen) atoms. The van der Waals surface area contributed by atoms with Gasteiger partial charge in [-0.3, -0.25) is 0 Å². The van der Waals surface area contributed by atoms with Crippen molar-refractivity contribution in [2.45, 2.75) is 124 Å². The maximum absolute atomic E-state index is 9.49. The van der Waals surface area contributed by atoms with Gasteiger partial charge in [-0.05, 0) is 63.2 Å². The molecule has 0 bridgehead atoms. The van der Waals surface area contributed by atoms with Gasteiger partial charge in [0.25, 0.3) is 0 Å². The Labute approximate surface area is 177 Å². The molecule has 3 heteroatoms. The van der Waals surface area contributed by atoms with Crippen molar-refractivity contribution in [3.8, 4) is 0 Å².